The predicted octanol–water partition coefficient (Wildman–Crippen LogP) is 8.64. The van der Waals surface area contributed by atoms with Gasteiger partial charge in [-0.1, -0.05) is 85.0 Å². The Morgan fingerprint density at radius 1 is 0.658 bits per heavy atom. The first-order valence-corrected chi connectivity index (χ1v) is 14.7. The second kappa shape index (κ2) is 16.8. The third-order valence-corrected chi connectivity index (χ3v) is 7.36. The van der Waals surface area contributed by atoms with E-state index in [1.165, 1.54) is 57.1 Å². The average molecular weight is 528 g/mol. The van der Waals surface area contributed by atoms with Crippen LogP contribution in [0.3, 0.4) is 0 Å². The van der Waals surface area contributed by atoms with Crippen LogP contribution in [0.1, 0.15) is 133 Å². The SMILES string of the molecule is CCCCCCCCC(=O)Nc1cc(O)c(C(CC)c2cc(O)c(CCCCCCCC)cc2O)cc1O. The normalized spacial score (nSPS) is 12.0. The van der Waals surface area contributed by atoms with E-state index in [1.807, 2.05) is 6.92 Å². The molecule has 2 rings (SSSR count). The van der Waals surface area contributed by atoms with Gasteiger partial charge >= 0.3 is 0 Å². The van der Waals surface area contributed by atoms with E-state index in [1.54, 1.807) is 12.1 Å². The molecular weight excluding hydrogens is 478 g/mol. The summed E-state index contributed by atoms with van der Waals surface area (Å²) in [4.78, 5) is 12.4. The molecule has 0 heterocycles. The number of carbonyl (C=O) groups is 1. The zero-order chi connectivity index (χ0) is 27.9. The highest BCUT2D eigenvalue weighted by Gasteiger charge is 2.23. The molecule has 0 bridgehead atoms. The number of carbonyl (C=O) groups excluding carboxylic acids is 1. The quantitative estimate of drug-likeness (QED) is 0.0757. The molecule has 6 heteroatoms. The minimum atomic E-state index is -0.442. The van der Waals surface area contributed by atoms with Crippen molar-refractivity contribution in [1.29, 1.82) is 0 Å². The molecule has 0 aliphatic carbocycles. The fraction of sp³-hybridized carbons (Fsp3) is 0.594. The molecule has 0 aliphatic heterocycles. The van der Waals surface area contributed by atoms with Crippen LogP contribution >= 0.6 is 0 Å². The Labute approximate surface area is 229 Å². The molecule has 0 spiro atoms. The second-order valence-electron chi connectivity index (χ2n) is 10.5. The number of amides is 1. The number of benzene rings is 2. The number of nitrogens with one attached hydrogen (secondary N) is 1. The average Bonchev–Trinajstić information content (AvgIpc) is 2.89. The van der Waals surface area contributed by atoms with Gasteiger partial charge in [-0.25, -0.2) is 0 Å². The van der Waals surface area contributed by atoms with E-state index >= 15 is 0 Å². The Bertz CT molecular complexity index is 1000. The molecule has 0 aromatic heterocycles. The van der Waals surface area contributed by atoms with E-state index < -0.39 is 5.92 Å². The summed E-state index contributed by atoms with van der Waals surface area (Å²) < 4.78 is 0. The van der Waals surface area contributed by atoms with Crippen molar-refractivity contribution in [3.8, 4) is 23.0 Å². The lowest BCUT2D eigenvalue weighted by Crippen LogP contribution is -2.11. The lowest BCUT2D eigenvalue weighted by molar-refractivity contribution is -0.116. The highest BCUT2D eigenvalue weighted by atomic mass is 16.3. The number of anilines is 1. The maximum atomic E-state index is 12.4. The largest absolute Gasteiger partial charge is 0.508 e. The van der Waals surface area contributed by atoms with E-state index in [0.717, 1.165) is 32.1 Å². The number of aromatic hydroxyl groups is 4. The second-order valence-corrected chi connectivity index (χ2v) is 10.5. The van der Waals surface area contributed by atoms with Gasteiger partial charge in [-0.05, 0) is 49.4 Å². The van der Waals surface area contributed by atoms with Crippen molar-refractivity contribution < 1.29 is 25.2 Å². The van der Waals surface area contributed by atoms with Crippen LogP contribution < -0.4 is 5.32 Å². The third-order valence-electron chi connectivity index (χ3n) is 7.36. The van der Waals surface area contributed by atoms with Gasteiger partial charge in [-0.2, -0.15) is 0 Å². The summed E-state index contributed by atoms with van der Waals surface area (Å²) in [5.74, 6) is -0.672. The maximum Gasteiger partial charge on any atom is 0.224 e. The fourth-order valence-electron chi connectivity index (χ4n) is 5.07. The summed E-state index contributed by atoms with van der Waals surface area (Å²) in [6.07, 6.45) is 15.0. The van der Waals surface area contributed by atoms with Crippen LogP contribution in [0.25, 0.3) is 0 Å². The highest BCUT2D eigenvalue weighted by molar-refractivity contribution is 5.92. The monoisotopic (exact) mass is 527 g/mol. The van der Waals surface area contributed by atoms with Crippen molar-refractivity contribution in [3.63, 3.8) is 0 Å². The van der Waals surface area contributed by atoms with Gasteiger partial charge in [0.05, 0.1) is 5.69 Å². The number of rotatable bonds is 18. The smallest absolute Gasteiger partial charge is 0.224 e. The van der Waals surface area contributed by atoms with Crippen LogP contribution in [0.15, 0.2) is 24.3 Å². The van der Waals surface area contributed by atoms with Crippen LogP contribution in [0.4, 0.5) is 5.69 Å². The minimum absolute atomic E-state index is 0.0610. The van der Waals surface area contributed by atoms with Crippen molar-refractivity contribution in [3.05, 3.63) is 41.0 Å². The summed E-state index contributed by atoms with van der Waals surface area (Å²) >= 11 is 0. The molecule has 0 saturated carbocycles. The van der Waals surface area contributed by atoms with Crippen molar-refractivity contribution in [1.82, 2.24) is 0 Å². The van der Waals surface area contributed by atoms with Gasteiger partial charge in [0, 0.05) is 29.5 Å². The van der Waals surface area contributed by atoms with Crippen LogP contribution in [-0.2, 0) is 11.2 Å². The first kappa shape index (κ1) is 31.3. The number of hydrogen-bond donors (Lipinski definition) is 5. The summed E-state index contributed by atoms with van der Waals surface area (Å²) in [5, 5.41) is 45.6. The van der Waals surface area contributed by atoms with Gasteiger partial charge in [0.15, 0.2) is 0 Å². The van der Waals surface area contributed by atoms with E-state index in [9.17, 15) is 25.2 Å². The molecular formula is C32H49NO5. The number of phenolic OH excluding ortho intramolecular Hbond substituents is 4. The molecule has 38 heavy (non-hydrogen) atoms. The summed E-state index contributed by atoms with van der Waals surface area (Å²) in [5.41, 5.74) is 1.80. The van der Waals surface area contributed by atoms with Gasteiger partial charge in [-0.15, -0.1) is 0 Å². The molecule has 1 unspecified atom stereocenters. The fourth-order valence-corrected chi connectivity index (χ4v) is 5.07. The third kappa shape index (κ3) is 9.77. The first-order valence-electron chi connectivity index (χ1n) is 14.7. The lowest BCUT2D eigenvalue weighted by atomic mass is 9.86. The zero-order valence-corrected chi connectivity index (χ0v) is 23.7. The molecule has 0 fully saturated rings. The minimum Gasteiger partial charge on any atom is -0.508 e. The topological polar surface area (TPSA) is 110 Å². The van der Waals surface area contributed by atoms with Crippen LogP contribution in [-0.4, -0.2) is 26.3 Å². The van der Waals surface area contributed by atoms with Crippen molar-refractivity contribution in [2.45, 2.75) is 123 Å². The molecule has 6 nitrogen and oxygen atoms in total. The highest BCUT2D eigenvalue weighted by Crippen LogP contribution is 2.43. The number of phenols is 4. The predicted molar refractivity (Wildman–Crippen MR) is 155 cm³/mol. The van der Waals surface area contributed by atoms with E-state index in [-0.39, 0.29) is 34.6 Å². The molecule has 0 aliphatic rings. The molecule has 2 aromatic carbocycles. The molecule has 2 aromatic rings. The van der Waals surface area contributed by atoms with Gasteiger partial charge in [-0.3, -0.25) is 4.79 Å². The summed E-state index contributed by atoms with van der Waals surface area (Å²) in [7, 11) is 0. The zero-order valence-electron chi connectivity index (χ0n) is 23.7. The first-order chi connectivity index (χ1) is 18.3. The molecule has 0 radical (unpaired) electrons. The number of hydrogen-bond acceptors (Lipinski definition) is 5. The lowest BCUT2D eigenvalue weighted by Gasteiger charge is -2.21. The molecule has 5 N–H and O–H groups in total. The van der Waals surface area contributed by atoms with Crippen LogP contribution in [0, 0.1) is 0 Å². The van der Waals surface area contributed by atoms with E-state index in [0.29, 0.717) is 36.0 Å². The maximum absolute atomic E-state index is 12.4. The van der Waals surface area contributed by atoms with Gasteiger partial charge < -0.3 is 25.7 Å². The standard InChI is InChI=1S/C32H49NO5/c1-4-7-9-11-13-15-17-23-19-29(35)25(20-28(23)34)24(6-3)26-21-31(37)27(22-30(26)36)33-32(38)18-16-14-12-10-8-5-2/h19-22,24,34-37H,4-18H2,1-3H3,(H,33,38). The molecule has 1 amide bonds. The van der Waals surface area contributed by atoms with Gasteiger partial charge in [0.2, 0.25) is 5.91 Å². The Morgan fingerprint density at radius 3 is 1.79 bits per heavy atom. The number of aryl methyl sites for hydroxylation is 1. The van der Waals surface area contributed by atoms with Crippen LogP contribution in [0.5, 0.6) is 23.0 Å². The number of unbranched alkanes of at least 4 members (excludes halogenated alkanes) is 10. The van der Waals surface area contributed by atoms with Crippen molar-refractivity contribution in [2.75, 3.05) is 5.32 Å². The van der Waals surface area contributed by atoms with Gasteiger partial charge in [0.25, 0.3) is 0 Å². The Kier molecular flexibility index (Phi) is 13.9. The van der Waals surface area contributed by atoms with E-state index in [4.69, 9.17) is 0 Å². The van der Waals surface area contributed by atoms with E-state index in [2.05, 4.69) is 19.2 Å². The van der Waals surface area contributed by atoms with Crippen LogP contribution in [0.2, 0.25) is 0 Å². The van der Waals surface area contributed by atoms with Gasteiger partial charge in [0.1, 0.15) is 23.0 Å². The Hall–Kier alpha value is -2.89. The molecule has 1 atom stereocenters. The van der Waals surface area contributed by atoms with Crippen molar-refractivity contribution in [2.24, 2.45) is 0 Å². The van der Waals surface area contributed by atoms with Crippen molar-refractivity contribution >= 4 is 11.6 Å². The Morgan fingerprint density at radius 2 is 1.18 bits per heavy atom. The summed E-state index contributed by atoms with van der Waals surface area (Å²) in [6.45, 7) is 6.28. The molecule has 0 saturated heterocycles. The Balaban J connectivity index is 2.07. The molecule has 212 valence electrons. The summed E-state index contributed by atoms with van der Waals surface area (Å²) in [6, 6.07) is 5.98.